The molecule has 1 aromatic carbocycles. The summed E-state index contributed by atoms with van der Waals surface area (Å²) in [5, 5.41) is 0. The number of thioether (sulfide) groups is 1. The van der Waals surface area contributed by atoms with Crippen LogP contribution in [-0.4, -0.2) is 40.4 Å². The Morgan fingerprint density at radius 3 is 2.79 bits per heavy atom. The lowest BCUT2D eigenvalue weighted by atomic mass is 9.82. The summed E-state index contributed by atoms with van der Waals surface area (Å²) in [5.74, 6) is 0.942. The number of carbonyl (C=O) groups excluding carboxylic acids is 2. The van der Waals surface area contributed by atoms with Gasteiger partial charge in [0, 0.05) is 30.3 Å². The van der Waals surface area contributed by atoms with Crippen LogP contribution >= 0.6 is 11.8 Å². The third kappa shape index (κ3) is 6.38. The lowest BCUT2D eigenvalue weighted by Gasteiger charge is -2.39. The van der Waals surface area contributed by atoms with Gasteiger partial charge in [-0.15, -0.1) is 11.8 Å². The molecule has 5 nitrogen and oxygen atoms in total. The van der Waals surface area contributed by atoms with Gasteiger partial charge in [-0.3, -0.25) is 9.59 Å². The minimum absolute atomic E-state index is 0.143. The monoisotopic (exact) mass is 484 g/mol. The summed E-state index contributed by atoms with van der Waals surface area (Å²) >= 11 is 1.59. The zero-order valence-corrected chi connectivity index (χ0v) is 20.6. The van der Waals surface area contributed by atoms with Crippen molar-refractivity contribution in [2.24, 2.45) is 5.92 Å². The number of hydrogen-bond acceptors (Lipinski definition) is 5. The van der Waals surface area contributed by atoms with Gasteiger partial charge >= 0.3 is 0 Å². The molecular formula is C27H33FN2O3S. The molecule has 2 heterocycles. The van der Waals surface area contributed by atoms with Crippen LogP contribution in [0.3, 0.4) is 0 Å². The minimum Gasteiger partial charge on any atom is -0.438 e. The summed E-state index contributed by atoms with van der Waals surface area (Å²) in [4.78, 5) is 32.3. The number of hydrogen-bond donors (Lipinski definition) is 0. The quantitative estimate of drug-likeness (QED) is 0.294. The van der Waals surface area contributed by atoms with Gasteiger partial charge in [0.05, 0.1) is 11.8 Å². The zero-order chi connectivity index (χ0) is 23.9. The number of ketones is 1. The van der Waals surface area contributed by atoms with Gasteiger partial charge in [0.25, 0.3) is 0 Å². The van der Waals surface area contributed by atoms with Gasteiger partial charge in [0.2, 0.25) is 11.8 Å². The van der Waals surface area contributed by atoms with Crippen molar-refractivity contribution in [3.05, 3.63) is 47.9 Å². The Bertz CT molecular complexity index is 1010. The number of aromatic nitrogens is 1. The Morgan fingerprint density at radius 2 is 2.03 bits per heavy atom. The summed E-state index contributed by atoms with van der Waals surface area (Å²) in [7, 11) is 0. The van der Waals surface area contributed by atoms with Gasteiger partial charge < -0.3 is 9.64 Å². The Labute approximate surface area is 205 Å². The van der Waals surface area contributed by atoms with Gasteiger partial charge in [-0.1, -0.05) is 12.5 Å². The standard InChI is InChI=1S/C27H33FN2O3S/c1-34-23-8-5-7-22(17-23)33-27-24(16-20(28)18-29-27)25(31)9-4-6-19-11-13-21(14-12-19)30-15-3-2-10-26(30)32/h5,7-8,16-19,21H,2-4,6,9-15H2,1H3. The van der Waals surface area contributed by atoms with Crippen molar-refractivity contribution in [2.45, 2.75) is 75.1 Å². The second-order valence-corrected chi connectivity index (χ2v) is 10.2. The molecule has 2 fully saturated rings. The fraction of sp³-hybridized carbons (Fsp3) is 0.519. The van der Waals surface area contributed by atoms with Crippen LogP contribution in [0.1, 0.15) is 74.6 Å². The predicted octanol–water partition coefficient (Wildman–Crippen LogP) is 6.66. The highest BCUT2D eigenvalue weighted by Gasteiger charge is 2.30. The highest BCUT2D eigenvalue weighted by atomic mass is 32.2. The topological polar surface area (TPSA) is 59.5 Å². The van der Waals surface area contributed by atoms with E-state index < -0.39 is 5.82 Å². The van der Waals surface area contributed by atoms with Gasteiger partial charge in [-0.25, -0.2) is 9.37 Å². The summed E-state index contributed by atoms with van der Waals surface area (Å²) in [6.07, 6.45) is 12.3. The van der Waals surface area contributed by atoms with E-state index in [0.29, 0.717) is 36.5 Å². The molecule has 2 aliphatic rings. The number of benzene rings is 1. The van der Waals surface area contributed by atoms with Crippen molar-refractivity contribution in [2.75, 3.05) is 12.8 Å². The number of likely N-dealkylation sites (tertiary alicyclic amines) is 1. The first-order valence-electron chi connectivity index (χ1n) is 12.3. The van der Waals surface area contributed by atoms with Crippen LogP contribution in [0.4, 0.5) is 4.39 Å². The highest BCUT2D eigenvalue weighted by molar-refractivity contribution is 7.98. The molecule has 1 saturated heterocycles. The van der Waals surface area contributed by atoms with E-state index >= 15 is 0 Å². The molecular weight excluding hydrogens is 451 g/mol. The smallest absolute Gasteiger partial charge is 0.230 e. The summed E-state index contributed by atoms with van der Waals surface area (Å²) < 4.78 is 19.8. The van der Waals surface area contributed by atoms with Crippen molar-refractivity contribution in [1.82, 2.24) is 9.88 Å². The van der Waals surface area contributed by atoms with Crippen molar-refractivity contribution in [3.63, 3.8) is 0 Å². The Balaban J connectivity index is 1.28. The number of ether oxygens (including phenoxy) is 1. The third-order valence-corrected chi connectivity index (χ3v) is 7.73. The molecule has 0 atom stereocenters. The molecule has 1 aromatic heterocycles. The van der Waals surface area contributed by atoms with Crippen LogP contribution in [0.25, 0.3) is 0 Å². The van der Waals surface area contributed by atoms with Gasteiger partial charge in [0.1, 0.15) is 11.6 Å². The molecule has 0 N–H and O–H groups in total. The first-order chi connectivity index (χ1) is 16.5. The van der Waals surface area contributed by atoms with Crippen LogP contribution < -0.4 is 4.74 Å². The number of nitrogens with zero attached hydrogens (tertiary/aromatic N) is 2. The zero-order valence-electron chi connectivity index (χ0n) is 19.8. The predicted molar refractivity (Wildman–Crippen MR) is 132 cm³/mol. The molecule has 0 spiro atoms. The molecule has 2 aromatic rings. The molecule has 1 aliphatic carbocycles. The number of amides is 1. The number of pyridine rings is 1. The highest BCUT2D eigenvalue weighted by Crippen LogP contribution is 2.33. The van der Waals surface area contributed by atoms with Crippen LogP contribution in [0, 0.1) is 11.7 Å². The fourth-order valence-corrected chi connectivity index (χ4v) is 5.58. The summed E-state index contributed by atoms with van der Waals surface area (Å²) in [5.41, 5.74) is 0.196. The van der Waals surface area contributed by atoms with Crippen molar-refractivity contribution in [1.29, 1.82) is 0 Å². The van der Waals surface area contributed by atoms with E-state index in [1.807, 2.05) is 24.5 Å². The summed E-state index contributed by atoms with van der Waals surface area (Å²) in [6, 6.07) is 9.14. The molecule has 1 aliphatic heterocycles. The Hall–Kier alpha value is -2.41. The van der Waals surface area contributed by atoms with E-state index in [1.165, 1.54) is 6.07 Å². The van der Waals surface area contributed by atoms with Gasteiger partial charge in [-0.2, -0.15) is 0 Å². The fourth-order valence-electron chi connectivity index (χ4n) is 5.13. The van der Waals surface area contributed by atoms with Crippen molar-refractivity contribution in [3.8, 4) is 11.6 Å². The number of carbonyl (C=O) groups is 2. The maximum Gasteiger partial charge on any atom is 0.230 e. The molecule has 182 valence electrons. The van der Waals surface area contributed by atoms with Crippen LogP contribution in [0.15, 0.2) is 41.4 Å². The van der Waals surface area contributed by atoms with E-state index in [2.05, 4.69) is 9.88 Å². The molecule has 0 radical (unpaired) electrons. The maximum absolute atomic E-state index is 13.9. The lowest BCUT2D eigenvalue weighted by Crippen LogP contribution is -2.44. The number of halogens is 1. The number of rotatable bonds is 9. The molecule has 7 heteroatoms. The first kappa shape index (κ1) is 24.7. The Morgan fingerprint density at radius 1 is 1.21 bits per heavy atom. The average Bonchev–Trinajstić information content (AvgIpc) is 2.86. The second kappa shape index (κ2) is 11.8. The Kier molecular flexibility index (Phi) is 8.59. The van der Waals surface area contributed by atoms with E-state index in [-0.39, 0.29) is 17.2 Å². The minimum atomic E-state index is -0.542. The van der Waals surface area contributed by atoms with Gasteiger partial charge in [-0.05, 0) is 81.4 Å². The maximum atomic E-state index is 13.9. The molecule has 0 bridgehead atoms. The second-order valence-electron chi connectivity index (χ2n) is 9.32. The molecule has 34 heavy (non-hydrogen) atoms. The van der Waals surface area contributed by atoms with E-state index in [9.17, 15) is 14.0 Å². The average molecular weight is 485 g/mol. The van der Waals surface area contributed by atoms with Crippen molar-refractivity contribution < 1.29 is 18.7 Å². The molecule has 0 unspecified atom stereocenters. The molecule has 1 saturated carbocycles. The summed E-state index contributed by atoms with van der Waals surface area (Å²) in [6.45, 7) is 0.913. The number of piperidine rings is 1. The molecule has 4 rings (SSSR count). The van der Waals surface area contributed by atoms with E-state index in [1.54, 1.807) is 17.8 Å². The lowest BCUT2D eigenvalue weighted by molar-refractivity contribution is -0.136. The van der Waals surface area contributed by atoms with E-state index in [0.717, 1.165) is 69.0 Å². The largest absolute Gasteiger partial charge is 0.438 e. The third-order valence-electron chi connectivity index (χ3n) is 7.01. The van der Waals surface area contributed by atoms with Crippen LogP contribution in [-0.2, 0) is 4.79 Å². The van der Waals surface area contributed by atoms with Crippen molar-refractivity contribution >= 4 is 23.5 Å². The normalized spacial score (nSPS) is 20.9. The van der Waals surface area contributed by atoms with Crippen LogP contribution in [0.5, 0.6) is 11.6 Å². The SMILES string of the molecule is CSc1cccc(Oc2ncc(F)cc2C(=O)CCCC2CCC(N3CCCCC3=O)CC2)c1. The number of Topliss-reactive ketones (excluding diaryl/α,β-unsaturated/α-hetero) is 1. The van der Waals surface area contributed by atoms with E-state index in [4.69, 9.17) is 4.74 Å². The molecule has 1 amide bonds. The van der Waals surface area contributed by atoms with Gasteiger partial charge in [0.15, 0.2) is 5.78 Å². The first-order valence-corrected chi connectivity index (χ1v) is 13.6. The van der Waals surface area contributed by atoms with Crippen LogP contribution in [0.2, 0.25) is 0 Å².